The van der Waals surface area contributed by atoms with Crippen LogP contribution in [0, 0.1) is 18.3 Å². The van der Waals surface area contributed by atoms with E-state index in [4.69, 9.17) is 6.42 Å². The molecular formula is C15H26N2. The minimum Gasteiger partial charge on any atom is -0.311 e. The highest BCUT2D eigenvalue weighted by molar-refractivity contribution is 4.98. The maximum Gasteiger partial charge on any atom is 0.0242 e. The van der Waals surface area contributed by atoms with E-state index < -0.39 is 0 Å². The van der Waals surface area contributed by atoms with E-state index in [1.165, 1.54) is 32.2 Å². The van der Waals surface area contributed by atoms with Crippen molar-refractivity contribution in [2.45, 2.75) is 64.1 Å². The van der Waals surface area contributed by atoms with Gasteiger partial charge in [-0.15, -0.1) is 12.3 Å². The zero-order valence-electron chi connectivity index (χ0n) is 11.3. The Balaban J connectivity index is 1.99. The van der Waals surface area contributed by atoms with Gasteiger partial charge < -0.3 is 5.32 Å². The number of piperazine rings is 1. The number of terminal acetylenes is 1. The minimum atomic E-state index is 0.591. The van der Waals surface area contributed by atoms with E-state index in [1.54, 1.807) is 0 Å². The van der Waals surface area contributed by atoms with Crippen molar-refractivity contribution in [3.05, 3.63) is 0 Å². The van der Waals surface area contributed by atoms with Crippen LogP contribution >= 0.6 is 0 Å². The van der Waals surface area contributed by atoms with Crippen LogP contribution in [0.2, 0.25) is 0 Å². The van der Waals surface area contributed by atoms with Crippen molar-refractivity contribution < 1.29 is 0 Å². The number of nitrogens with zero attached hydrogens (tertiary/aromatic N) is 1. The lowest BCUT2D eigenvalue weighted by molar-refractivity contribution is 0.0728. The van der Waals surface area contributed by atoms with Crippen LogP contribution in [-0.2, 0) is 0 Å². The SMILES string of the molecule is C#CCC(CC)N1CC(C2CC2)NCC1CC. The highest BCUT2D eigenvalue weighted by atomic mass is 15.3. The third-order valence-electron chi connectivity index (χ3n) is 4.45. The molecule has 17 heavy (non-hydrogen) atoms. The molecule has 1 aliphatic carbocycles. The first-order valence-electron chi connectivity index (χ1n) is 7.22. The molecule has 1 saturated carbocycles. The molecule has 3 unspecified atom stereocenters. The fraction of sp³-hybridized carbons (Fsp3) is 0.867. The van der Waals surface area contributed by atoms with Gasteiger partial charge in [-0.05, 0) is 31.6 Å². The maximum atomic E-state index is 5.51. The molecule has 2 heteroatoms. The zero-order valence-corrected chi connectivity index (χ0v) is 11.3. The average Bonchev–Trinajstić information content (AvgIpc) is 3.19. The first kappa shape index (κ1) is 12.9. The fourth-order valence-corrected chi connectivity index (χ4v) is 3.12. The van der Waals surface area contributed by atoms with E-state index in [0.717, 1.165) is 24.9 Å². The topological polar surface area (TPSA) is 15.3 Å². The van der Waals surface area contributed by atoms with Crippen molar-refractivity contribution in [3.63, 3.8) is 0 Å². The number of hydrogen-bond acceptors (Lipinski definition) is 2. The summed E-state index contributed by atoms with van der Waals surface area (Å²) in [7, 11) is 0. The Morgan fingerprint density at radius 2 is 2.18 bits per heavy atom. The molecule has 0 spiro atoms. The van der Waals surface area contributed by atoms with Crippen LogP contribution < -0.4 is 5.32 Å². The summed E-state index contributed by atoms with van der Waals surface area (Å²) in [5.41, 5.74) is 0. The summed E-state index contributed by atoms with van der Waals surface area (Å²) >= 11 is 0. The van der Waals surface area contributed by atoms with Gasteiger partial charge in [0.1, 0.15) is 0 Å². The molecule has 1 N–H and O–H groups in total. The Hall–Kier alpha value is -0.520. The molecule has 0 radical (unpaired) electrons. The Labute approximate surface area is 106 Å². The van der Waals surface area contributed by atoms with Crippen molar-refractivity contribution in [2.24, 2.45) is 5.92 Å². The van der Waals surface area contributed by atoms with Gasteiger partial charge in [0.2, 0.25) is 0 Å². The van der Waals surface area contributed by atoms with Crippen LogP contribution in [0.15, 0.2) is 0 Å². The molecule has 96 valence electrons. The van der Waals surface area contributed by atoms with Gasteiger partial charge in [-0.25, -0.2) is 0 Å². The van der Waals surface area contributed by atoms with Crippen molar-refractivity contribution in [2.75, 3.05) is 13.1 Å². The van der Waals surface area contributed by atoms with Gasteiger partial charge in [0.05, 0.1) is 0 Å². The molecule has 2 aliphatic rings. The second-order valence-corrected chi connectivity index (χ2v) is 5.58. The molecule has 0 amide bonds. The van der Waals surface area contributed by atoms with Crippen LogP contribution in [0.4, 0.5) is 0 Å². The monoisotopic (exact) mass is 234 g/mol. The maximum absolute atomic E-state index is 5.51. The van der Waals surface area contributed by atoms with Gasteiger partial charge in [-0.1, -0.05) is 13.8 Å². The summed E-state index contributed by atoms with van der Waals surface area (Å²) in [5.74, 6) is 3.80. The minimum absolute atomic E-state index is 0.591. The van der Waals surface area contributed by atoms with E-state index in [2.05, 4.69) is 30.0 Å². The Kier molecular flexibility index (Phi) is 4.48. The van der Waals surface area contributed by atoms with Crippen LogP contribution in [0.5, 0.6) is 0 Å². The molecule has 0 aromatic rings. The van der Waals surface area contributed by atoms with Crippen molar-refractivity contribution in [3.8, 4) is 12.3 Å². The number of hydrogen-bond donors (Lipinski definition) is 1. The molecule has 0 aromatic carbocycles. The lowest BCUT2D eigenvalue weighted by Gasteiger charge is -2.44. The highest BCUT2D eigenvalue weighted by Gasteiger charge is 2.38. The number of rotatable bonds is 5. The molecule has 2 nitrogen and oxygen atoms in total. The number of nitrogens with one attached hydrogen (secondary N) is 1. The van der Waals surface area contributed by atoms with Gasteiger partial charge in [0.25, 0.3) is 0 Å². The molecule has 2 fully saturated rings. The summed E-state index contributed by atoms with van der Waals surface area (Å²) in [6.07, 6.45) is 11.7. The first-order chi connectivity index (χ1) is 8.30. The highest BCUT2D eigenvalue weighted by Crippen LogP contribution is 2.35. The lowest BCUT2D eigenvalue weighted by Crippen LogP contribution is -2.59. The van der Waals surface area contributed by atoms with Gasteiger partial charge in [0.15, 0.2) is 0 Å². The van der Waals surface area contributed by atoms with E-state index in [9.17, 15) is 0 Å². The predicted molar refractivity (Wildman–Crippen MR) is 72.8 cm³/mol. The molecule has 0 bridgehead atoms. The van der Waals surface area contributed by atoms with E-state index in [1.807, 2.05) is 0 Å². The quantitative estimate of drug-likeness (QED) is 0.734. The van der Waals surface area contributed by atoms with E-state index in [0.29, 0.717) is 12.1 Å². The van der Waals surface area contributed by atoms with E-state index in [-0.39, 0.29) is 0 Å². The summed E-state index contributed by atoms with van der Waals surface area (Å²) in [4.78, 5) is 2.69. The van der Waals surface area contributed by atoms with Crippen LogP contribution in [0.1, 0.15) is 46.0 Å². The molecule has 1 aliphatic heterocycles. The molecule has 1 heterocycles. The molecule has 2 rings (SSSR count). The van der Waals surface area contributed by atoms with E-state index >= 15 is 0 Å². The van der Waals surface area contributed by atoms with Crippen molar-refractivity contribution >= 4 is 0 Å². The second kappa shape index (κ2) is 5.89. The van der Waals surface area contributed by atoms with Gasteiger partial charge in [-0.3, -0.25) is 4.90 Å². The summed E-state index contributed by atoms with van der Waals surface area (Å²) in [6, 6.07) is 2.00. The molecule has 1 saturated heterocycles. The predicted octanol–water partition coefficient (Wildman–Crippen LogP) is 2.25. The normalized spacial score (nSPS) is 32.1. The lowest BCUT2D eigenvalue weighted by atomic mass is 9.98. The Bertz CT molecular complexity index is 277. The molecule has 3 atom stereocenters. The molecule has 0 aromatic heterocycles. The van der Waals surface area contributed by atoms with Gasteiger partial charge in [-0.2, -0.15) is 0 Å². The van der Waals surface area contributed by atoms with Crippen molar-refractivity contribution in [1.82, 2.24) is 10.2 Å². The fourth-order valence-electron chi connectivity index (χ4n) is 3.12. The third kappa shape index (κ3) is 3.03. The van der Waals surface area contributed by atoms with Gasteiger partial charge >= 0.3 is 0 Å². The smallest absolute Gasteiger partial charge is 0.0242 e. The standard InChI is InChI=1S/C15H26N2/c1-4-7-13(5-2)17-11-15(12-8-9-12)16-10-14(17)6-3/h1,12-16H,5-11H2,2-3H3. The third-order valence-corrected chi connectivity index (χ3v) is 4.45. The largest absolute Gasteiger partial charge is 0.311 e. The van der Waals surface area contributed by atoms with Gasteiger partial charge in [0, 0.05) is 37.6 Å². The average molecular weight is 234 g/mol. The second-order valence-electron chi connectivity index (χ2n) is 5.58. The zero-order chi connectivity index (χ0) is 12.3. The summed E-state index contributed by atoms with van der Waals surface area (Å²) in [5, 5.41) is 3.74. The van der Waals surface area contributed by atoms with Crippen molar-refractivity contribution in [1.29, 1.82) is 0 Å². The summed E-state index contributed by atoms with van der Waals surface area (Å²) < 4.78 is 0. The Morgan fingerprint density at radius 3 is 2.71 bits per heavy atom. The first-order valence-corrected chi connectivity index (χ1v) is 7.22. The van der Waals surface area contributed by atoms with Crippen LogP contribution in [-0.4, -0.2) is 36.1 Å². The molecular weight excluding hydrogens is 208 g/mol. The summed E-state index contributed by atoms with van der Waals surface area (Å²) in [6.45, 7) is 6.92. The van der Waals surface area contributed by atoms with Crippen LogP contribution in [0.25, 0.3) is 0 Å². The van der Waals surface area contributed by atoms with Crippen LogP contribution in [0.3, 0.4) is 0 Å². The Morgan fingerprint density at radius 1 is 1.41 bits per heavy atom.